The number of ketones is 1. The van der Waals surface area contributed by atoms with Crippen LogP contribution >= 0.6 is 0 Å². The van der Waals surface area contributed by atoms with Crippen LogP contribution in [0.2, 0.25) is 0 Å². The number of hydrogen-bond donors (Lipinski definition) is 1. The number of nitrogens with one attached hydrogen (secondary N) is 1. The summed E-state index contributed by atoms with van der Waals surface area (Å²) in [5.41, 5.74) is 3.84. The summed E-state index contributed by atoms with van der Waals surface area (Å²) in [5.74, 6) is 1.52. The van der Waals surface area contributed by atoms with Crippen molar-refractivity contribution in [1.29, 1.82) is 0 Å². The maximum atomic E-state index is 13.6. The van der Waals surface area contributed by atoms with E-state index in [0.717, 1.165) is 53.1 Å². The fourth-order valence-electron chi connectivity index (χ4n) is 5.02. The molecule has 1 N–H and O–H groups in total. The van der Waals surface area contributed by atoms with Crippen LogP contribution in [0.1, 0.15) is 76.8 Å². The number of aromatic amines is 1. The molecule has 0 saturated carbocycles. The number of benzene rings is 1. The average Bonchev–Trinajstić information content (AvgIpc) is 3.30. The minimum absolute atomic E-state index is 0.0483. The predicted octanol–water partition coefficient (Wildman–Crippen LogP) is 4.47. The van der Waals surface area contributed by atoms with Gasteiger partial charge in [0.2, 0.25) is 0 Å². The Balaban J connectivity index is 1.68. The van der Waals surface area contributed by atoms with Gasteiger partial charge in [0, 0.05) is 35.9 Å². The first kappa shape index (κ1) is 20.5. The number of carbonyl (C=O) groups excluding carboxylic acids is 2. The largest absolute Gasteiger partial charge is 0.497 e. The summed E-state index contributed by atoms with van der Waals surface area (Å²) < 4.78 is 10.9. The molecule has 6 heteroatoms. The Bertz CT molecular complexity index is 1000. The number of rotatable bonds is 4. The molecule has 2 heterocycles. The molecule has 1 aromatic carbocycles. The van der Waals surface area contributed by atoms with Gasteiger partial charge in [-0.3, -0.25) is 9.59 Å². The number of hydrogen-bond acceptors (Lipinski definition) is 4. The molecule has 6 nitrogen and oxygen atoms in total. The summed E-state index contributed by atoms with van der Waals surface area (Å²) in [6.07, 6.45) is 3.09. The topological polar surface area (TPSA) is 71.6 Å². The Morgan fingerprint density at radius 2 is 1.97 bits per heavy atom. The first-order chi connectivity index (χ1) is 14.3. The van der Waals surface area contributed by atoms with E-state index in [1.54, 1.807) is 14.2 Å². The number of likely N-dealkylation sites (tertiary alicyclic amines) is 1. The second-order valence-electron chi connectivity index (χ2n) is 9.18. The molecule has 1 aliphatic heterocycles. The summed E-state index contributed by atoms with van der Waals surface area (Å²) in [4.78, 5) is 31.5. The van der Waals surface area contributed by atoms with Crippen molar-refractivity contribution >= 4 is 11.7 Å². The van der Waals surface area contributed by atoms with Crippen LogP contribution < -0.4 is 9.47 Å². The number of amides is 1. The van der Waals surface area contributed by atoms with E-state index in [4.69, 9.17) is 9.47 Å². The maximum absolute atomic E-state index is 13.6. The van der Waals surface area contributed by atoms with Crippen LogP contribution in [-0.4, -0.2) is 42.3 Å². The zero-order chi connectivity index (χ0) is 21.6. The Morgan fingerprint density at radius 3 is 2.67 bits per heavy atom. The number of Topliss-reactive ketones (excluding diaryl/α,β-unsaturated/α-hetero) is 1. The van der Waals surface area contributed by atoms with E-state index < -0.39 is 0 Å². The lowest BCUT2D eigenvalue weighted by Gasteiger charge is -2.28. The van der Waals surface area contributed by atoms with Crippen molar-refractivity contribution in [1.82, 2.24) is 9.88 Å². The third kappa shape index (κ3) is 3.38. The van der Waals surface area contributed by atoms with E-state index >= 15 is 0 Å². The van der Waals surface area contributed by atoms with Crippen LogP contribution in [0.15, 0.2) is 18.2 Å². The highest BCUT2D eigenvalue weighted by Gasteiger charge is 2.38. The van der Waals surface area contributed by atoms with Crippen molar-refractivity contribution in [2.24, 2.45) is 5.41 Å². The summed E-state index contributed by atoms with van der Waals surface area (Å²) >= 11 is 0. The standard InChI is InChI=1S/C24H30N2O4/c1-14-21-17(12-24(2,3)13-19(21)27)25-22(14)23(28)26-10-6-7-18(26)16-9-8-15(29-4)11-20(16)30-5/h8-9,11,18,25H,6-7,10,12-13H2,1-5H3. The molecule has 2 aliphatic rings. The van der Waals surface area contributed by atoms with E-state index in [9.17, 15) is 9.59 Å². The van der Waals surface area contributed by atoms with E-state index in [-0.39, 0.29) is 23.1 Å². The van der Waals surface area contributed by atoms with Crippen LogP contribution in [0.3, 0.4) is 0 Å². The quantitative estimate of drug-likeness (QED) is 0.807. The zero-order valence-corrected chi connectivity index (χ0v) is 18.4. The molecule has 1 aliphatic carbocycles. The van der Waals surface area contributed by atoms with Crippen LogP contribution in [0, 0.1) is 12.3 Å². The molecule has 0 radical (unpaired) electrons. The number of ether oxygens (including phenoxy) is 2. The number of carbonyl (C=O) groups is 2. The first-order valence-corrected chi connectivity index (χ1v) is 10.5. The Morgan fingerprint density at radius 1 is 1.20 bits per heavy atom. The number of aromatic nitrogens is 1. The second kappa shape index (κ2) is 7.49. The monoisotopic (exact) mass is 410 g/mol. The van der Waals surface area contributed by atoms with E-state index in [0.29, 0.717) is 18.7 Å². The van der Waals surface area contributed by atoms with E-state index in [1.165, 1.54) is 0 Å². The molecule has 1 fully saturated rings. The lowest BCUT2D eigenvalue weighted by atomic mass is 9.75. The lowest BCUT2D eigenvalue weighted by Crippen LogP contribution is -2.31. The fraction of sp³-hybridized carbons (Fsp3) is 0.500. The van der Waals surface area contributed by atoms with Crippen molar-refractivity contribution in [2.45, 2.75) is 52.5 Å². The summed E-state index contributed by atoms with van der Waals surface area (Å²) in [6.45, 7) is 6.76. The molecule has 0 spiro atoms. The molecule has 30 heavy (non-hydrogen) atoms. The van der Waals surface area contributed by atoms with Gasteiger partial charge in [0.25, 0.3) is 5.91 Å². The fourth-order valence-corrected chi connectivity index (χ4v) is 5.02. The molecule has 0 bridgehead atoms. The van der Waals surface area contributed by atoms with Crippen molar-refractivity contribution in [2.75, 3.05) is 20.8 Å². The average molecular weight is 411 g/mol. The smallest absolute Gasteiger partial charge is 0.271 e. The maximum Gasteiger partial charge on any atom is 0.271 e. The zero-order valence-electron chi connectivity index (χ0n) is 18.4. The lowest BCUT2D eigenvalue weighted by molar-refractivity contribution is 0.0727. The summed E-state index contributed by atoms with van der Waals surface area (Å²) in [5, 5.41) is 0. The Labute approximate surface area is 177 Å². The third-order valence-electron chi connectivity index (χ3n) is 6.43. The number of fused-ring (bicyclic) bond motifs is 1. The second-order valence-corrected chi connectivity index (χ2v) is 9.18. The molecule has 2 aromatic rings. The van der Waals surface area contributed by atoms with Gasteiger partial charge in [-0.15, -0.1) is 0 Å². The first-order valence-electron chi connectivity index (χ1n) is 10.5. The van der Waals surface area contributed by atoms with Gasteiger partial charge in [-0.2, -0.15) is 0 Å². The van der Waals surface area contributed by atoms with Crippen molar-refractivity contribution in [3.8, 4) is 11.5 Å². The SMILES string of the molecule is COc1ccc(C2CCCN2C(=O)c2[nH]c3c(c2C)C(=O)CC(C)(C)C3)c(OC)c1. The van der Waals surface area contributed by atoms with Crippen LogP contribution in [0.25, 0.3) is 0 Å². The molecule has 1 atom stereocenters. The Kier molecular flexibility index (Phi) is 5.12. The highest BCUT2D eigenvalue weighted by atomic mass is 16.5. The van der Waals surface area contributed by atoms with Gasteiger partial charge >= 0.3 is 0 Å². The summed E-state index contributed by atoms with van der Waals surface area (Å²) in [6, 6.07) is 5.67. The third-order valence-corrected chi connectivity index (χ3v) is 6.43. The van der Waals surface area contributed by atoms with Gasteiger partial charge < -0.3 is 19.4 Å². The normalized spacial score (nSPS) is 20.2. The van der Waals surface area contributed by atoms with Gasteiger partial charge in [-0.1, -0.05) is 13.8 Å². The summed E-state index contributed by atoms with van der Waals surface area (Å²) in [7, 11) is 3.26. The molecule has 4 rings (SSSR count). The van der Waals surface area contributed by atoms with Crippen molar-refractivity contribution < 1.29 is 19.1 Å². The Hall–Kier alpha value is -2.76. The minimum atomic E-state index is -0.0890. The predicted molar refractivity (Wildman–Crippen MR) is 115 cm³/mol. The van der Waals surface area contributed by atoms with E-state index in [2.05, 4.69) is 18.8 Å². The van der Waals surface area contributed by atoms with Gasteiger partial charge in [0.15, 0.2) is 5.78 Å². The molecular weight excluding hydrogens is 380 g/mol. The van der Waals surface area contributed by atoms with Crippen LogP contribution in [0.4, 0.5) is 0 Å². The van der Waals surface area contributed by atoms with Gasteiger partial charge in [0.1, 0.15) is 17.2 Å². The molecule has 160 valence electrons. The molecule has 1 saturated heterocycles. The molecular formula is C24H30N2O4. The minimum Gasteiger partial charge on any atom is -0.497 e. The molecule has 1 aromatic heterocycles. The van der Waals surface area contributed by atoms with Gasteiger partial charge in [-0.05, 0) is 49.3 Å². The van der Waals surface area contributed by atoms with Crippen molar-refractivity contribution in [3.05, 3.63) is 46.3 Å². The molecule has 1 amide bonds. The number of H-pyrrole nitrogens is 1. The molecule has 1 unspecified atom stereocenters. The van der Waals surface area contributed by atoms with Crippen molar-refractivity contribution in [3.63, 3.8) is 0 Å². The number of nitrogens with zero attached hydrogens (tertiary/aromatic N) is 1. The van der Waals surface area contributed by atoms with Gasteiger partial charge in [0.05, 0.1) is 20.3 Å². The van der Waals surface area contributed by atoms with Gasteiger partial charge in [-0.25, -0.2) is 0 Å². The van der Waals surface area contributed by atoms with Crippen LogP contribution in [-0.2, 0) is 6.42 Å². The van der Waals surface area contributed by atoms with Crippen LogP contribution in [0.5, 0.6) is 11.5 Å². The number of methoxy groups -OCH3 is 2. The van der Waals surface area contributed by atoms with E-state index in [1.807, 2.05) is 30.0 Å². The highest BCUT2D eigenvalue weighted by Crippen LogP contribution is 2.41. The highest BCUT2D eigenvalue weighted by molar-refractivity contribution is 6.04.